The summed E-state index contributed by atoms with van der Waals surface area (Å²) in [6, 6.07) is 6.10. The van der Waals surface area contributed by atoms with Gasteiger partial charge in [-0.1, -0.05) is 13.0 Å². The Morgan fingerprint density at radius 1 is 1.44 bits per heavy atom. The van der Waals surface area contributed by atoms with Crippen molar-refractivity contribution in [2.45, 2.75) is 39.3 Å². The summed E-state index contributed by atoms with van der Waals surface area (Å²) in [7, 11) is 0. The molecule has 4 heteroatoms. The lowest BCUT2D eigenvalue weighted by Crippen LogP contribution is -2.13. The highest BCUT2D eigenvalue weighted by Crippen LogP contribution is 2.26. The van der Waals surface area contributed by atoms with Gasteiger partial charge in [-0.15, -0.1) is 0 Å². The maximum absolute atomic E-state index is 9.16. The molecule has 1 atom stereocenters. The molecule has 1 aromatic rings. The molecule has 0 spiro atoms. The molecule has 0 aliphatic heterocycles. The second-order valence-corrected chi connectivity index (χ2v) is 5.28. The molecule has 1 aromatic carbocycles. The van der Waals surface area contributed by atoms with Crippen LogP contribution in [0.4, 0.5) is 0 Å². The van der Waals surface area contributed by atoms with Crippen LogP contribution in [-0.4, -0.2) is 24.4 Å². The summed E-state index contributed by atoms with van der Waals surface area (Å²) < 4.78 is 6.56. The highest BCUT2D eigenvalue weighted by atomic mass is 79.9. The molecule has 102 valence electrons. The Morgan fingerprint density at radius 3 is 2.83 bits per heavy atom. The van der Waals surface area contributed by atoms with E-state index < -0.39 is 0 Å². The molecule has 1 rings (SSSR count). The number of aliphatic hydroxyl groups is 1. The van der Waals surface area contributed by atoms with Crippen molar-refractivity contribution >= 4 is 15.9 Å². The highest BCUT2D eigenvalue weighted by Gasteiger charge is 2.03. The maximum atomic E-state index is 9.16. The first-order chi connectivity index (χ1) is 8.63. The van der Waals surface area contributed by atoms with E-state index in [1.54, 1.807) is 6.92 Å². The van der Waals surface area contributed by atoms with Crippen LogP contribution in [0.3, 0.4) is 0 Å². The summed E-state index contributed by atoms with van der Waals surface area (Å²) in [5.74, 6) is 0.829. The largest absolute Gasteiger partial charge is 0.492 e. The summed E-state index contributed by atoms with van der Waals surface area (Å²) in [6.07, 6.45) is 1.47. The summed E-state index contributed by atoms with van der Waals surface area (Å²) in [5, 5.41) is 12.5. The Balaban J connectivity index is 2.46. The fourth-order valence-corrected chi connectivity index (χ4v) is 2.06. The van der Waals surface area contributed by atoms with Crippen molar-refractivity contribution in [1.82, 2.24) is 5.32 Å². The monoisotopic (exact) mass is 315 g/mol. The predicted octanol–water partition coefficient (Wildman–Crippen LogP) is 3.10. The zero-order valence-electron chi connectivity index (χ0n) is 11.1. The molecular weight excluding hydrogens is 294 g/mol. The molecule has 0 aliphatic carbocycles. The zero-order valence-corrected chi connectivity index (χ0v) is 12.7. The smallest absolute Gasteiger partial charge is 0.133 e. The molecule has 3 nitrogen and oxygen atoms in total. The van der Waals surface area contributed by atoms with Crippen LogP contribution in [0.15, 0.2) is 22.7 Å². The van der Waals surface area contributed by atoms with Crippen LogP contribution in [0.25, 0.3) is 0 Å². The number of nitrogens with one attached hydrogen (secondary N) is 1. The van der Waals surface area contributed by atoms with Crippen molar-refractivity contribution in [3.63, 3.8) is 0 Å². The van der Waals surface area contributed by atoms with Gasteiger partial charge in [0.1, 0.15) is 5.75 Å². The number of halogens is 1. The van der Waals surface area contributed by atoms with Gasteiger partial charge in [-0.3, -0.25) is 0 Å². The van der Waals surface area contributed by atoms with Crippen molar-refractivity contribution in [3.05, 3.63) is 28.2 Å². The van der Waals surface area contributed by atoms with Gasteiger partial charge in [0.2, 0.25) is 0 Å². The number of rotatable bonds is 8. The molecule has 1 unspecified atom stereocenters. The van der Waals surface area contributed by atoms with Gasteiger partial charge in [0.15, 0.2) is 0 Å². The molecule has 0 fully saturated rings. The average molecular weight is 316 g/mol. The Hall–Kier alpha value is -0.580. The van der Waals surface area contributed by atoms with Gasteiger partial charge in [0, 0.05) is 13.0 Å². The van der Waals surface area contributed by atoms with Crippen LogP contribution in [0.5, 0.6) is 5.75 Å². The van der Waals surface area contributed by atoms with Crippen LogP contribution >= 0.6 is 15.9 Å². The fraction of sp³-hybridized carbons (Fsp3) is 0.571. The Labute approximate surface area is 118 Å². The van der Waals surface area contributed by atoms with E-state index in [1.807, 2.05) is 6.07 Å². The fourth-order valence-electron chi connectivity index (χ4n) is 1.52. The summed E-state index contributed by atoms with van der Waals surface area (Å²) in [5.41, 5.74) is 1.23. The molecule has 0 aromatic heterocycles. The standard InChI is InChI=1S/C14H22BrNO2/c1-3-7-16-10-12-4-5-14(13(15)9-12)18-8-6-11(2)17/h4-5,9,11,16-17H,3,6-8,10H2,1-2H3. The van der Waals surface area contributed by atoms with Gasteiger partial charge in [0.25, 0.3) is 0 Å². The topological polar surface area (TPSA) is 41.5 Å². The Bertz CT molecular complexity index is 356. The third-order valence-electron chi connectivity index (χ3n) is 2.55. The van der Waals surface area contributed by atoms with Gasteiger partial charge < -0.3 is 15.2 Å². The van der Waals surface area contributed by atoms with Crippen molar-refractivity contribution in [1.29, 1.82) is 0 Å². The molecule has 18 heavy (non-hydrogen) atoms. The van der Waals surface area contributed by atoms with Crippen LogP contribution in [0.2, 0.25) is 0 Å². The summed E-state index contributed by atoms with van der Waals surface area (Å²) >= 11 is 3.51. The normalized spacial score (nSPS) is 12.4. The summed E-state index contributed by atoms with van der Waals surface area (Å²) in [4.78, 5) is 0. The van der Waals surface area contributed by atoms with Gasteiger partial charge in [-0.25, -0.2) is 0 Å². The molecular formula is C14H22BrNO2. The lowest BCUT2D eigenvalue weighted by Gasteiger charge is -2.11. The minimum atomic E-state index is -0.318. The minimum absolute atomic E-state index is 0.318. The number of benzene rings is 1. The molecule has 0 heterocycles. The summed E-state index contributed by atoms with van der Waals surface area (Å²) in [6.45, 7) is 6.36. The SMILES string of the molecule is CCCNCc1ccc(OCCC(C)O)c(Br)c1. The first-order valence-corrected chi connectivity index (χ1v) is 7.22. The van der Waals surface area contributed by atoms with E-state index in [9.17, 15) is 0 Å². The van der Waals surface area contributed by atoms with E-state index in [-0.39, 0.29) is 6.10 Å². The van der Waals surface area contributed by atoms with Crippen LogP contribution < -0.4 is 10.1 Å². The lowest BCUT2D eigenvalue weighted by molar-refractivity contribution is 0.155. The lowest BCUT2D eigenvalue weighted by atomic mass is 10.2. The van der Waals surface area contributed by atoms with Gasteiger partial charge in [-0.2, -0.15) is 0 Å². The van der Waals surface area contributed by atoms with Crippen LogP contribution in [0.1, 0.15) is 32.3 Å². The van der Waals surface area contributed by atoms with E-state index in [0.29, 0.717) is 13.0 Å². The van der Waals surface area contributed by atoms with Crippen molar-refractivity contribution in [2.24, 2.45) is 0 Å². The van der Waals surface area contributed by atoms with Crippen molar-refractivity contribution in [2.75, 3.05) is 13.2 Å². The second kappa shape index (κ2) is 8.51. The van der Waals surface area contributed by atoms with Crippen molar-refractivity contribution in [3.8, 4) is 5.75 Å². The molecule has 2 N–H and O–H groups in total. The first kappa shape index (κ1) is 15.5. The zero-order chi connectivity index (χ0) is 13.4. The Kier molecular flexibility index (Phi) is 7.32. The minimum Gasteiger partial charge on any atom is -0.492 e. The van der Waals surface area contributed by atoms with Gasteiger partial charge in [-0.05, 0) is 53.5 Å². The predicted molar refractivity (Wildman–Crippen MR) is 77.9 cm³/mol. The van der Waals surface area contributed by atoms with Crippen molar-refractivity contribution < 1.29 is 9.84 Å². The second-order valence-electron chi connectivity index (χ2n) is 4.43. The van der Waals surface area contributed by atoms with Gasteiger partial charge in [0.05, 0.1) is 17.2 Å². The van der Waals surface area contributed by atoms with E-state index in [1.165, 1.54) is 5.56 Å². The first-order valence-electron chi connectivity index (χ1n) is 6.43. The molecule has 0 aliphatic rings. The van der Waals surface area contributed by atoms with E-state index >= 15 is 0 Å². The molecule has 0 radical (unpaired) electrons. The highest BCUT2D eigenvalue weighted by molar-refractivity contribution is 9.10. The van der Waals surface area contributed by atoms with E-state index in [2.05, 4.69) is 40.3 Å². The number of aliphatic hydroxyl groups excluding tert-OH is 1. The quantitative estimate of drug-likeness (QED) is 0.724. The Morgan fingerprint density at radius 2 is 2.22 bits per heavy atom. The maximum Gasteiger partial charge on any atom is 0.133 e. The molecule has 0 bridgehead atoms. The molecule has 0 amide bonds. The molecule has 0 saturated carbocycles. The third-order valence-corrected chi connectivity index (χ3v) is 3.17. The molecule has 0 saturated heterocycles. The number of hydrogen-bond acceptors (Lipinski definition) is 3. The van der Waals surface area contributed by atoms with Crippen LogP contribution in [-0.2, 0) is 6.54 Å². The van der Waals surface area contributed by atoms with E-state index in [4.69, 9.17) is 9.84 Å². The average Bonchev–Trinajstić information content (AvgIpc) is 2.32. The number of ether oxygens (including phenoxy) is 1. The van der Waals surface area contributed by atoms with Gasteiger partial charge >= 0.3 is 0 Å². The van der Waals surface area contributed by atoms with Crippen LogP contribution in [0, 0.1) is 0 Å². The third kappa shape index (κ3) is 5.85. The van der Waals surface area contributed by atoms with E-state index in [0.717, 1.165) is 29.7 Å². The number of hydrogen-bond donors (Lipinski definition) is 2.